The van der Waals surface area contributed by atoms with Crippen LogP contribution >= 0.6 is 34.8 Å². The third kappa shape index (κ3) is 4.85. The van der Waals surface area contributed by atoms with E-state index in [0.717, 1.165) is 0 Å². The van der Waals surface area contributed by atoms with Crippen molar-refractivity contribution in [1.29, 1.82) is 0 Å². The van der Waals surface area contributed by atoms with E-state index in [1.54, 1.807) is 24.3 Å². The summed E-state index contributed by atoms with van der Waals surface area (Å²) in [7, 11) is 0. The van der Waals surface area contributed by atoms with Crippen molar-refractivity contribution < 1.29 is 14.3 Å². The van der Waals surface area contributed by atoms with Crippen molar-refractivity contribution in [2.75, 3.05) is 18.5 Å². The van der Waals surface area contributed by atoms with Gasteiger partial charge in [0.1, 0.15) is 5.75 Å². The molecule has 0 aliphatic carbocycles. The quantitative estimate of drug-likeness (QED) is 0.583. The van der Waals surface area contributed by atoms with Gasteiger partial charge in [0, 0.05) is 17.3 Å². The van der Waals surface area contributed by atoms with Crippen molar-refractivity contribution in [3.8, 4) is 5.75 Å². The number of halogens is 3. The summed E-state index contributed by atoms with van der Waals surface area (Å²) in [5, 5.41) is 3.42. The van der Waals surface area contributed by atoms with Crippen LogP contribution in [0.5, 0.6) is 5.75 Å². The van der Waals surface area contributed by atoms with Gasteiger partial charge < -0.3 is 15.8 Å². The Morgan fingerprint density at radius 1 is 1.04 bits per heavy atom. The topological polar surface area (TPSA) is 81.4 Å². The van der Waals surface area contributed by atoms with Crippen molar-refractivity contribution in [1.82, 2.24) is 0 Å². The molecule has 2 aromatic rings. The van der Waals surface area contributed by atoms with Crippen LogP contribution in [0.15, 0.2) is 36.4 Å². The van der Waals surface area contributed by atoms with Crippen molar-refractivity contribution in [3.63, 3.8) is 0 Å². The maximum atomic E-state index is 12.0. The molecule has 0 aliphatic heterocycles. The van der Waals surface area contributed by atoms with Gasteiger partial charge in [-0.25, -0.2) is 0 Å². The summed E-state index contributed by atoms with van der Waals surface area (Å²) in [4.78, 5) is 23.5. The fraction of sp³-hybridized carbons (Fsp3) is 0.125. The van der Waals surface area contributed by atoms with E-state index in [-0.39, 0.29) is 34.7 Å². The molecule has 0 radical (unpaired) electrons. The minimum absolute atomic E-state index is 0.101. The first kappa shape index (κ1) is 18.5. The van der Waals surface area contributed by atoms with Gasteiger partial charge in [0.2, 0.25) is 0 Å². The van der Waals surface area contributed by atoms with Gasteiger partial charge in [0.15, 0.2) is 12.4 Å². The summed E-state index contributed by atoms with van der Waals surface area (Å²) < 4.78 is 5.33. The molecule has 1 amide bonds. The fourth-order valence-electron chi connectivity index (χ4n) is 1.84. The maximum Gasteiger partial charge on any atom is 0.262 e. The molecule has 0 atom stereocenters. The van der Waals surface area contributed by atoms with Crippen LogP contribution in [-0.2, 0) is 4.79 Å². The summed E-state index contributed by atoms with van der Waals surface area (Å²) in [5.74, 6) is -0.396. The van der Waals surface area contributed by atoms with Crippen molar-refractivity contribution in [2.24, 2.45) is 5.73 Å². The highest BCUT2D eigenvalue weighted by atomic mass is 35.5. The number of ether oxygens (including phenoxy) is 1. The second kappa shape index (κ2) is 8.35. The first-order chi connectivity index (χ1) is 11.4. The number of carbonyl (C=O) groups excluding carboxylic acids is 2. The number of hydrogen-bond acceptors (Lipinski definition) is 4. The van der Waals surface area contributed by atoms with Crippen LogP contribution in [0.3, 0.4) is 0 Å². The zero-order chi connectivity index (χ0) is 17.7. The maximum absolute atomic E-state index is 12.0. The van der Waals surface area contributed by atoms with E-state index >= 15 is 0 Å². The lowest BCUT2D eigenvalue weighted by atomic mass is 10.1. The van der Waals surface area contributed by atoms with Crippen LogP contribution in [0.2, 0.25) is 15.1 Å². The Labute approximate surface area is 153 Å². The lowest BCUT2D eigenvalue weighted by Gasteiger charge is -2.10. The minimum atomic E-state index is -0.422. The Morgan fingerprint density at radius 3 is 2.46 bits per heavy atom. The van der Waals surface area contributed by atoms with Crippen LogP contribution in [-0.4, -0.2) is 24.8 Å². The molecule has 2 rings (SSSR count). The highest BCUT2D eigenvalue weighted by Crippen LogP contribution is 2.33. The Bertz CT molecular complexity index is 781. The van der Waals surface area contributed by atoms with Crippen LogP contribution in [0.4, 0.5) is 5.69 Å². The van der Waals surface area contributed by atoms with E-state index < -0.39 is 5.91 Å². The van der Waals surface area contributed by atoms with E-state index in [1.165, 1.54) is 12.1 Å². The number of amides is 1. The number of hydrogen-bond donors (Lipinski definition) is 2. The third-order valence-electron chi connectivity index (χ3n) is 2.99. The Morgan fingerprint density at radius 2 is 1.75 bits per heavy atom. The zero-order valence-electron chi connectivity index (χ0n) is 12.3. The minimum Gasteiger partial charge on any atom is -0.482 e. The average Bonchev–Trinajstić information content (AvgIpc) is 2.56. The summed E-state index contributed by atoms with van der Waals surface area (Å²) in [6.45, 7) is -0.386. The number of ketones is 1. The predicted octanol–water partition coefficient (Wildman–Crippen LogP) is 3.81. The average molecular weight is 388 g/mol. The molecule has 8 heteroatoms. The summed E-state index contributed by atoms with van der Waals surface area (Å²) in [6, 6.07) is 9.32. The van der Waals surface area contributed by atoms with Gasteiger partial charge in [0.05, 0.1) is 21.6 Å². The highest BCUT2D eigenvalue weighted by Gasteiger charge is 2.10. The van der Waals surface area contributed by atoms with Gasteiger partial charge in [-0.05, 0) is 18.2 Å². The predicted molar refractivity (Wildman–Crippen MR) is 95.4 cm³/mol. The van der Waals surface area contributed by atoms with Gasteiger partial charge in [-0.15, -0.1) is 0 Å². The van der Waals surface area contributed by atoms with Crippen LogP contribution < -0.4 is 15.8 Å². The fourth-order valence-corrected chi connectivity index (χ4v) is 2.43. The lowest BCUT2D eigenvalue weighted by molar-refractivity contribution is -0.118. The molecular formula is C16H13Cl3N2O3. The third-order valence-corrected chi connectivity index (χ3v) is 4.00. The zero-order valence-corrected chi connectivity index (χ0v) is 14.6. The molecule has 126 valence electrons. The molecule has 0 aliphatic rings. The van der Waals surface area contributed by atoms with Crippen molar-refractivity contribution in [2.45, 2.75) is 0 Å². The van der Waals surface area contributed by atoms with E-state index in [0.29, 0.717) is 16.3 Å². The standard InChI is InChI=1S/C16H13Cl3N2O3/c17-11-5-13(19)15(6-12(11)18)24-8-16(23)21-10-3-1-2-9(4-10)14(22)7-20/h1-6H,7-8,20H2,(H,21,23). The van der Waals surface area contributed by atoms with E-state index in [9.17, 15) is 9.59 Å². The van der Waals surface area contributed by atoms with E-state index in [1.807, 2.05) is 0 Å². The van der Waals surface area contributed by atoms with Crippen LogP contribution in [0.1, 0.15) is 10.4 Å². The number of carbonyl (C=O) groups is 2. The summed E-state index contributed by atoms with van der Waals surface area (Å²) in [6.07, 6.45) is 0. The molecule has 0 heterocycles. The van der Waals surface area contributed by atoms with E-state index in [4.69, 9.17) is 45.3 Å². The van der Waals surface area contributed by atoms with Gasteiger partial charge in [-0.3, -0.25) is 9.59 Å². The number of anilines is 1. The molecule has 2 aromatic carbocycles. The number of rotatable bonds is 6. The number of Topliss-reactive ketones (excluding diaryl/α,β-unsaturated/α-hetero) is 1. The van der Waals surface area contributed by atoms with Crippen molar-refractivity contribution in [3.05, 3.63) is 57.0 Å². The molecule has 0 saturated heterocycles. The van der Waals surface area contributed by atoms with Gasteiger partial charge in [0.25, 0.3) is 5.91 Å². The molecule has 0 unspecified atom stereocenters. The van der Waals surface area contributed by atoms with Crippen molar-refractivity contribution >= 4 is 52.2 Å². The van der Waals surface area contributed by atoms with Crippen LogP contribution in [0, 0.1) is 0 Å². The molecule has 0 spiro atoms. The largest absolute Gasteiger partial charge is 0.482 e. The summed E-state index contributed by atoms with van der Waals surface area (Å²) >= 11 is 17.7. The summed E-state index contributed by atoms with van der Waals surface area (Å²) in [5.41, 5.74) is 6.20. The smallest absolute Gasteiger partial charge is 0.262 e. The first-order valence-corrected chi connectivity index (χ1v) is 7.94. The molecule has 24 heavy (non-hydrogen) atoms. The Balaban J connectivity index is 1.99. The number of nitrogens with one attached hydrogen (secondary N) is 1. The highest BCUT2D eigenvalue weighted by molar-refractivity contribution is 6.43. The SMILES string of the molecule is NCC(=O)c1cccc(NC(=O)COc2cc(Cl)c(Cl)cc2Cl)c1. The van der Waals surface area contributed by atoms with Gasteiger partial charge >= 0.3 is 0 Å². The number of benzene rings is 2. The second-order valence-electron chi connectivity index (χ2n) is 4.74. The molecular weight excluding hydrogens is 375 g/mol. The molecule has 0 aromatic heterocycles. The van der Waals surface area contributed by atoms with Gasteiger partial charge in [-0.2, -0.15) is 0 Å². The normalized spacial score (nSPS) is 10.3. The molecule has 0 saturated carbocycles. The molecule has 3 N–H and O–H groups in total. The van der Waals surface area contributed by atoms with Crippen LogP contribution in [0.25, 0.3) is 0 Å². The monoisotopic (exact) mass is 386 g/mol. The van der Waals surface area contributed by atoms with Gasteiger partial charge in [-0.1, -0.05) is 46.9 Å². The molecule has 0 bridgehead atoms. The second-order valence-corrected chi connectivity index (χ2v) is 5.96. The first-order valence-electron chi connectivity index (χ1n) is 6.81. The molecule has 5 nitrogen and oxygen atoms in total. The Hall–Kier alpha value is -1.79. The number of nitrogens with two attached hydrogens (primary N) is 1. The molecule has 0 fully saturated rings. The lowest BCUT2D eigenvalue weighted by Crippen LogP contribution is -2.20. The van der Waals surface area contributed by atoms with E-state index in [2.05, 4.69) is 5.32 Å². The Kier molecular flexibility index (Phi) is 6.45.